The van der Waals surface area contributed by atoms with E-state index in [2.05, 4.69) is 39.0 Å². The minimum absolute atomic E-state index is 0.295. The maximum Gasteiger partial charge on any atom is 0.227 e. The molecule has 2 heteroatoms. The van der Waals surface area contributed by atoms with E-state index >= 15 is 0 Å². The lowest BCUT2D eigenvalue weighted by Crippen LogP contribution is -2.32. The fourth-order valence-corrected chi connectivity index (χ4v) is 3.06. The molecule has 1 aliphatic carbocycles. The first kappa shape index (κ1) is 14.1. The zero-order valence-corrected chi connectivity index (χ0v) is 12.4. The summed E-state index contributed by atoms with van der Waals surface area (Å²) >= 11 is 0. The molecule has 0 spiro atoms. The number of carbonyl (C=O) groups excluding carboxylic acids is 1. The third-order valence-electron chi connectivity index (χ3n) is 4.21. The molecule has 1 aromatic carbocycles. The number of nitrogens with zero attached hydrogens (tertiary/aromatic N) is 1. The number of aryl methyl sites for hydroxylation is 2. The molecule has 1 fully saturated rings. The molecule has 0 saturated heterocycles. The number of amides is 1. The van der Waals surface area contributed by atoms with Gasteiger partial charge in [0.25, 0.3) is 0 Å². The van der Waals surface area contributed by atoms with Crippen LogP contribution in [0.5, 0.6) is 0 Å². The van der Waals surface area contributed by atoms with Crippen molar-refractivity contribution in [2.45, 2.75) is 52.9 Å². The summed E-state index contributed by atoms with van der Waals surface area (Å²) in [6.45, 7) is 6.99. The van der Waals surface area contributed by atoms with Crippen LogP contribution in [-0.2, 0) is 4.79 Å². The van der Waals surface area contributed by atoms with E-state index in [1.807, 2.05) is 4.90 Å². The molecule has 1 aromatic rings. The molecule has 0 atom stereocenters. The summed E-state index contributed by atoms with van der Waals surface area (Å²) in [6, 6.07) is 6.34. The number of rotatable bonds is 4. The summed E-state index contributed by atoms with van der Waals surface area (Å²) in [4.78, 5) is 14.5. The van der Waals surface area contributed by atoms with Gasteiger partial charge in [0.15, 0.2) is 0 Å². The van der Waals surface area contributed by atoms with E-state index in [1.165, 1.54) is 36.8 Å². The van der Waals surface area contributed by atoms with E-state index in [0.29, 0.717) is 11.8 Å². The van der Waals surface area contributed by atoms with Crippen LogP contribution in [0.4, 0.5) is 5.69 Å². The molecule has 0 radical (unpaired) electrons. The van der Waals surface area contributed by atoms with Crippen LogP contribution in [-0.4, -0.2) is 12.5 Å². The molecule has 2 rings (SSSR count). The Morgan fingerprint density at radius 3 is 2.58 bits per heavy atom. The van der Waals surface area contributed by atoms with Gasteiger partial charge in [-0.05, 0) is 56.7 Å². The van der Waals surface area contributed by atoms with E-state index in [1.54, 1.807) is 0 Å². The van der Waals surface area contributed by atoms with Crippen LogP contribution >= 0.6 is 0 Å². The average molecular weight is 259 g/mol. The second-order valence-electron chi connectivity index (χ2n) is 5.78. The lowest BCUT2D eigenvalue weighted by atomic mass is 10.0. The summed E-state index contributed by atoms with van der Waals surface area (Å²) in [6.07, 6.45) is 5.79. The Bertz CT molecular complexity index is 447. The smallest absolute Gasteiger partial charge is 0.227 e. The first-order valence-corrected chi connectivity index (χ1v) is 7.49. The molecule has 1 saturated carbocycles. The predicted molar refractivity (Wildman–Crippen MR) is 80.5 cm³/mol. The van der Waals surface area contributed by atoms with Crippen LogP contribution in [0.25, 0.3) is 0 Å². The van der Waals surface area contributed by atoms with Crippen molar-refractivity contribution in [3.63, 3.8) is 0 Å². The van der Waals surface area contributed by atoms with Gasteiger partial charge in [-0.2, -0.15) is 0 Å². The molecule has 1 aliphatic rings. The van der Waals surface area contributed by atoms with E-state index < -0.39 is 0 Å². The van der Waals surface area contributed by atoms with Gasteiger partial charge in [-0.15, -0.1) is 0 Å². The van der Waals surface area contributed by atoms with Gasteiger partial charge in [0, 0.05) is 18.7 Å². The molecule has 19 heavy (non-hydrogen) atoms. The summed E-state index contributed by atoms with van der Waals surface area (Å²) < 4.78 is 0. The van der Waals surface area contributed by atoms with Crippen molar-refractivity contribution < 1.29 is 4.79 Å². The molecule has 0 heterocycles. The van der Waals surface area contributed by atoms with Crippen molar-refractivity contribution >= 4 is 11.6 Å². The summed E-state index contributed by atoms with van der Waals surface area (Å²) in [5, 5.41) is 0. The molecule has 2 nitrogen and oxygen atoms in total. The Morgan fingerprint density at radius 2 is 1.95 bits per heavy atom. The molecular formula is C17H25NO. The monoisotopic (exact) mass is 259 g/mol. The number of benzene rings is 1. The standard InChI is InChI=1S/C17H25NO/c1-4-18(16-11-13(2)9-10-14(16)3)17(19)12-15-7-5-6-8-15/h9-11,15H,4-8,12H2,1-3H3. The van der Waals surface area contributed by atoms with Crippen LogP contribution < -0.4 is 4.90 Å². The quantitative estimate of drug-likeness (QED) is 0.792. The molecule has 104 valence electrons. The molecule has 0 unspecified atom stereocenters. The van der Waals surface area contributed by atoms with Gasteiger partial charge in [0.1, 0.15) is 0 Å². The Labute approximate surface area is 116 Å². The van der Waals surface area contributed by atoms with Crippen molar-refractivity contribution in [1.29, 1.82) is 0 Å². The lowest BCUT2D eigenvalue weighted by Gasteiger charge is -2.25. The first-order chi connectivity index (χ1) is 9.11. The summed E-state index contributed by atoms with van der Waals surface area (Å²) in [7, 11) is 0. The Kier molecular flexibility index (Phi) is 4.62. The maximum absolute atomic E-state index is 12.5. The fraction of sp³-hybridized carbons (Fsp3) is 0.588. The second-order valence-corrected chi connectivity index (χ2v) is 5.78. The van der Waals surface area contributed by atoms with Crippen LogP contribution in [0.3, 0.4) is 0 Å². The van der Waals surface area contributed by atoms with Crippen molar-refractivity contribution in [3.8, 4) is 0 Å². The number of hydrogen-bond donors (Lipinski definition) is 0. The predicted octanol–water partition coefficient (Wildman–Crippen LogP) is 4.24. The minimum atomic E-state index is 0.295. The SMILES string of the molecule is CCN(C(=O)CC1CCCC1)c1cc(C)ccc1C. The highest BCUT2D eigenvalue weighted by molar-refractivity contribution is 5.94. The van der Waals surface area contributed by atoms with Gasteiger partial charge in [0.2, 0.25) is 5.91 Å². The maximum atomic E-state index is 12.5. The summed E-state index contributed by atoms with van der Waals surface area (Å²) in [5.41, 5.74) is 3.49. The highest BCUT2D eigenvalue weighted by Crippen LogP contribution is 2.29. The topological polar surface area (TPSA) is 20.3 Å². The van der Waals surface area contributed by atoms with Gasteiger partial charge in [0.05, 0.1) is 0 Å². The number of anilines is 1. The fourth-order valence-electron chi connectivity index (χ4n) is 3.06. The van der Waals surface area contributed by atoms with Crippen molar-refractivity contribution in [2.24, 2.45) is 5.92 Å². The second kappa shape index (κ2) is 6.23. The van der Waals surface area contributed by atoms with Gasteiger partial charge < -0.3 is 4.90 Å². The highest BCUT2D eigenvalue weighted by atomic mass is 16.2. The van der Waals surface area contributed by atoms with Crippen molar-refractivity contribution in [2.75, 3.05) is 11.4 Å². The van der Waals surface area contributed by atoms with Crippen LogP contribution in [0.1, 0.15) is 50.2 Å². The van der Waals surface area contributed by atoms with Crippen molar-refractivity contribution in [1.82, 2.24) is 0 Å². The van der Waals surface area contributed by atoms with Gasteiger partial charge in [-0.3, -0.25) is 4.79 Å². The Hall–Kier alpha value is -1.31. The van der Waals surface area contributed by atoms with Crippen LogP contribution in [0.2, 0.25) is 0 Å². The Balaban J connectivity index is 2.13. The Morgan fingerprint density at radius 1 is 1.26 bits per heavy atom. The third kappa shape index (κ3) is 3.37. The van der Waals surface area contributed by atoms with E-state index in [0.717, 1.165) is 18.7 Å². The minimum Gasteiger partial charge on any atom is -0.312 e. The lowest BCUT2D eigenvalue weighted by molar-refractivity contribution is -0.119. The molecule has 0 N–H and O–H groups in total. The van der Waals surface area contributed by atoms with E-state index in [9.17, 15) is 4.79 Å². The molecule has 0 aromatic heterocycles. The first-order valence-electron chi connectivity index (χ1n) is 7.49. The van der Waals surface area contributed by atoms with Gasteiger partial charge in [-0.25, -0.2) is 0 Å². The van der Waals surface area contributed by atoms with Gasteiger partial charge >= 0.3 is 0 Å². The van der Waals surface area contributed by atoms with Crippen LogP contribution in [0, 0.1) is 19.8 Å². The van der Waals surface area contributed by atoms with Crippen LogP contribution in [0.15, 0.2) is 18.2 Å². The normalized spacial score (nSPS) is 15.7. The van der Waals surface area contributed by atoms with E-state index in [4.69, 9.17) is 0 Å². The highest BCUT2D eigenvalue weighted by Gasteiger charge is 2.22. The van der Waals surface area contributed by atoms with E-state index in [-0.39, 0.29) is 0 Å². The number of carbonyl (C=O) groups is 1. The largest absolute Gasteiger partial charge is 0.312 e. The molecule has 1 amide bonds. The van der Waals surface area contributed by atoms with Gasteiger partial charge in [-0.1, -0.05) is 25.0 Å². The molecule has 0 aliphatic heterocycles. The number of hydrogen-bond acceptors (Lipinski definition) is 1. The molecule has 0 bridgehead atoms. The summed E-state index contributed by atoms with van der Waals surface area (Å²) in [5.74, 6) is 0.912. The average Bonchev–Trinajstić information content (AvgIpc) is 2.87. The zero-order valence-electron chi connectivity index (χ0n) is 12.4. The van der Waals surface area contributed by atoms with Crippen molar-refractivity contribution in [3.05, 3.63) is 29.3 Å². The zero-order chi connectivity index (χ0) is 13.8. The molecular weight excluding hydrogens is 234 g/mol. The third-order valence-corrected chi connectivity index (χ3v) is 4.21.